The van der Waals surface area contributed by atoms with Gasteiger partial charge in [-0.1, -0.05) is 13.8 Å². The molecule has 1 aromatic carbocycles. The van der Waals surface area contributed by atoms with Crippen molar-refractivity contribution in [2.24, 2.45) is 5.92 Å². The van der Waals surface area contributed by atoms with Gasteiger partial charge in [-0.05, 0) is 30.2 Å². The molecule has 4 nitrogen and oxygen atoms in total. The van der Waals surface area contributed by atoms with Crippen molar-refractivity contribution in [3.8, 4) is 5.75 Å². The average Bonchev–Trinajstić information content (AvgIpc) is 2.34. The van der Waals surface area contributed by atoms with Crippen molar-refractivity contribution in [1.29, 1.82) is 0 Å². The third-order valence-electron chi connectivity index (χ3n) is 2.55. The molecule has 0 radical (unpaired) electrons. The molecule has 0 aromatic heterocycles. The molecule has 0 heterocycles. The van der Waals surface area contributed by atoms with Crippen molar-refractivity contribution in [1.82, 2.24) is 4.90 Å². The Kier molecular flexibility index (Phi) is 5.65. The molecular formula is C14H21NO3. The summed E-state index contributed by atoms with van der Waals surface area (Å²) in [4.78, 5) is 14.1. The van der Waals surface area contributed by atoms with Gasteiger partial charge < -0.3 is 14.7 Å². The molecule has 0 fully saturated rings. The fourth-order valence-corrected chi connectivity index (χ4v) is 1.70. The first-order valence-electron chi connectivity index (χ1n) is 6.12. The number of methoxy groups -OCH3 is 1. The van der Waals surface area contributed by atoms with E-state index in [0.29, 0.717) is 31.2 Å². The van der Waals surface area contributed by atoms with E-state index >= 15 is 0 Å². The summed E-state index contributed by atoms with van der Waals surface area (Å²) in [6.45, 7) is 5.95. The van der Waals surface area contributed by atoms with Crippen LogP contribution in [0.15, 0.2) is 24.3 Å². The monoisotopic (exact) mass is 251 g/mol. The lowest BCUT2D eigenvalue weighted by Crippen LogP contribution is -2.36. The number of aromatic hydroxyl groups is 1. The van der Waals surface area contributed by atoms with Crippen molar-refractivity contribution in [3.63, 3.8) is 0 Å². The van der Waals surface area contributed by atoms with Crippen molar-refractivity contribution >= 4 is 5.91 Å². The summed E-state index contributed by atoms with van der Waals surface area (Å²) in [7, 11) is 1.62. The number of hydrogen-bond donors (Lipinski definition) is 1. The maximum Gasteiger partial charge on any atom is 0.253 e. The quantitative estimate of drug-likeness (QED) is 0.842. The van der Waals surface area contributed by atoms with E-state index in [1.165, 1.54) is 12.1 Å². The van der Waals surface area contributed by atoms with E-state index in [9.17, 15) is 9.90 Å². The van der Waals surface area contributed by atoms with Gasteiger partial charge in [0.1, 0.15) is 5.75 Å². The minimum atomic E-state index is -0.0271. The minimum absolute atomic E-state index is 0.0271. The number of rotatable bonds is 6. The summed E-state index contributed by atoms with van der Waals surface area (Å²) in [5.74, 6) is 0.544. The third kappa shape index (κ3) is 4.37. The van der Waals surface area contributed by atoms with Crippen LogP contribution in [0.3, 0.4) is 0 Å². The number of amides is 1. The Morgan fingerprint density at radius 1 is 1.33 bits per heavy atom. The number of phenolic OH excluding ortho intramolecular Hbond substituents is 1. The van der Waals surface area contributed by atoms with Gasteiger partial charge >= 0.3 is 0 Å². The molecule has 0 bridgehead atoms. The SMILES string of the molecule is COCCN(CC(C)C)C(=O)c1ccc(O)cc1. The van der Waals surface area contributed by atoms with Gasteiger partial charge in [-0.3, -0.25) is 4.79 Å². The lowest BCUT2D eigenvalue weighted by molar-refractivity contribution is 0.0672. The Hall–Kier alpha value is -1.55. The molecule has 0 spiro atoms. The van der Waals surface area contributed by atoms with Gasteiger partial charge in [0.25, 0.3) is 5.91 Å². The molecule has 1 rings (SSSR count). The zero-order valence-electron chi connectivity index (χ0n) is 11.2. The molecule has 0 saturated carbocycles. The first-order valence-corrected chi connectivity index (χ1v) is 6.12. The maximum atomic E-state index is 12.3. The topological polar surface area (TPSA) is 49.8 Å². The molecule has 100 valence electrons. The average molecular weight is 251 g/mol. The Morgan fingerprint density at radius 2 is 1.94 bits per heavy atom. The molecule has 0 unspecified atom stereocenters. The second kappa shape index (κ2) is 7.01. The van der Waals surface area contributed by atoms with E-state index in [1.807, 2.05) is 0 Å². The molecule has 0 aliphatic heterocycles. The molecule has 1 aromatic rings. The van der Waals surface area contributed by atoms with Crippen LogP contribution in [0, 0.1) is 5.92 Å². The highest BCUT2D eigenvalue weighted by atomic mass is 16.5. The molecule has 0 aliphatic rings. The second-order valence-corrected chi connectivity index (χ2v) is 4.68. The second-order valence-electron chi connectivity index (χ2n) is 4.68. The van der Waals surface area contributed by atoms with Gasteiger partial charge in [0.15, 0.2) is 0 Å². The molecule has 1 N–H and O–H groups in total. The van der Waals surface area contributed by atoms with Gasteiger partial charge in [0, 0.05) is 25.8 Å². The number of ether oxygens (including phenoxy) is 1. The Morgan fingerprint density at radius 3 is 2.44 bits per heavy atom. The van der Waals surface area contributed by atoms with Gasteiger partial charge in [0.2, 0.25) is 0 Å². The largest absolute Gasteiger partial charge is 0.508 e. The van der Waals surface area contributed by atoms with Crippen LogP contribution in [0.2, 0.25) is 0 Å². The van der Waals surface area contributed by atoms with Crippen LogP contribution in [0.5, 0.6) is 5.75 Å². The lowest BCUT2D eigenvalue weighted by atomic mass is 10.1. The van der Waals surface area contributed by atoms with Crippen LogP contribution in [-0.2, 0) is 4.74 Å². The van der Waals surface area contributed by atoms with Crippen LogP contribution in [0.1, 0.15) is 24.2 Å². The van der Waals surface area contributed by atoms with E-state index in [1.54, 1.807) is 24.1 Å². The maximum absolute atomic E-state index is 12.3. The Balaban J connectivity index is 2.77. The molecule has 0 atom stereocenters. The van der Waals surface area contributed by atoms with Crippen molar-refractivity contribution in [3.05, 3.63) is 29.8 Å². The van der Waals surface area contributed by atoms with Gasteiger partial charge in [-0.15, -0.1) is 0 Å². The molecule has 18 heavy (non-hydrogen) atoms. The summed E-state index contributed by atoms with van der Waals surface area (Å²) >= 11 is 0. The number of carbonyl (C=O) groups is 1. The zero-order valence-corrected chi connectivity index (χ0v) is 11.2. The number of benzene rings is 1. The van der Waals surface area contributed by atoms with Gasteiger partial charge in [0.05, 0.1) is 6.61 Å². The van der Waals surface area contributed by atoms with Crippen LogP contribution >= 0.6 is 0 Å². The number of carbonyl (C=O) groups excluding carboxylic acids is 1. The highest BCUT2D eigenvalue weighted by molar-refractivity contribution is 5.94. The van der Waals surface area contributed by atoms with Crippen LogP contribution in [0.25, 0.3) is 0 Å². The summed E-state index contributed by atoms with van der Waals surface area (Å²) in [5, 5.41) is 9.22. The molecule has 0 aliphatic carbocycles. The highest BCUT2D eigenvalue weighted by Gasteiger charge is 2.16. The standard InChI is InChI=1S/C14H21NO3/c1-11(2)10-15(8-9-18-3)14(17)12-4-6-13(16)7-5-12/h4-7,11,16H,8-10H2,1-3H3. The summed E-state index contributed by atoms with van der Waals surface area (Å²) in [5.41, 5.74) is 0.588. The number of nitrogens with zero attached hydrogens (tertiary/aromatic N) is 1. The zero-order chi connectivity index (χ0) is 13.5. The van der Waals surface area contributed by atoms with E-state index in [2.05, 4.69) is 13.8 Å². The van der Waals surface area contributed by atoms with Crippen LogP contribution in [0.4, 0.5) is 0 Å². The van der Waals surface area contributed by atoms with E-state index in [0.717, 1.165) is 0 Å². The fourth-order valence-electron chi connectivity index (χ4n) is 1.70. The van der Waals surface area contributed by atoms with E-state index in [4.69, 9.17) is 4.74 Å². The minimum Gasteiger partial charge on any atom is -0.508 e. The van der Waals surface area contributed by atoms with E-state index < -0.39 is 0 Å². The van der Waals surface area contributed by atoms with Crippen LogP contribution in [-0.4, -0.2) is 42.7 Å². The molecule has 4 heteroatoms. The number of phenols is 1. The van der Waals surface area contributed by atoms with Crippen molar-refractivity contribution < 1.29 is 14.6 Å². The van der Waals surface area contributed by atoms with Crippen LogP contribution < -0.4 is 0 Å². The fraction of sp³-hybridized carbons (Fsp3) is 0.500. The molecule has 1 amide bonds. The van der Waals surface area contributed by atoms with Crippen molar-refractivity contribution in [2.75, 3.05) is 26.8 Å². The smallest absolute Gasteiger partial charge is 0.253 e. The Labute approximate surface area is 108 Å². The first-order chi connectivity index (χ1) is 8.54. The number of hydrogen-bond acceptors (Lipinski definition) is 3. The molecular weight excluding hydrogens is 230 g/mol. The first kappa shape index (κ1) is 14.5. The van der Waals surface area contributed by atoms with Gasteiger partial charge in [-0.2, -0.15) is 0 Å². The normalized spacial score (nSPS) is 10.7. The lowest BCUT2D eigenvalue weighted by Gasteiger charge is -2.24. The predicted octanol–water partition coefficient (Wildman–Crippen LogP) is 2.14. The molecule has 0 saturated heterocycles. The summed E-state index contributed by atoms with van der Waals surface area (Å²) in [6.07, 6.45) is 0. The van der Waals surface area contributed by atoms with E-state index in [-0.39, 0.29) is 11.7 Å². The Bertz CT molecular complexity index is 373. The highest BCUT2D eigenvalue weighted by Crippen LogP contribution is 2.12. The predicted molar refractivity (Wildman–Crippen MR) is 70.7 cm³/mol. The van der Waals surface area contributed by atoms with Crippen molar-refractivity contribution in [2.45, 2.75) is 13.8 Å². The van der Waals surface area contributed by atoms with Gasteiger partial charge in [-0.25, -0.2) is 0 Å². The third-order valence-corrected chi connectivity index (χ3v) is 2.55. The summed E-state index contributed by atoms with van der Waals surface area (Å²) < 4.78 is 5.03. The summed E-state index contributed by atoms with van der Waals surface area (Å²) in [6, 6.07) is 6.32.